The van der Waals surface area contributed by atoms with Crippen LogP contribution in [-0.4, -0.2) is 33.3 Å². The lowest BCUT2D eigenvalue weighted by atomic mass is 9.93. The van der Waals surface area contributed by atoms with Crippen LogP contribution in [0.25, 0.3) is 0 Å². The van der Waals surface area contributed by atoms with Crippen molar-refractivity contribution in [3.05, 3.63) is 23.3 Å². The molecule has 1 aliphatic rings. The van der Waals surface area contributed by atoms with Crippen LogP contribution in [0.1, 0.15) is 24.1 Å². The third kappa shape index (κ3) is 2.66. The van der Waals surface area contributed by atoms with Crippen molar-refractivity contribution in [3.8, 4) is 11.5 Å². The highest BCUT2D eigenvalue weighted by molar-refractivity contribution is 5.79. The number of fused-ring (bicyclic) bond motifs is 1. The van der Waals surface area contributed by atoms with Crippen LogP contribution in [0.3, 0.4) is 0 Å². The monoisotopic (exact) mass is 265 g/mol. The zero-order valence-corrected chi connectivity index (χ0v) is 11.5. The van der Waals surface area contributed by atoms with Gasteiger partial charge in [0.1, 0.15) is 6.04 Å². The first-order valence-electron chi connectivity index (χ1n) is 6.36. The normalized spacial score (nSPS) is 17.5. The van der Waals surface area contributed by atoms with Gasteiger partial charge in [0.05, 0.1) is 20.8 Å². The summed E-state index contributed by atoms with van der Waals surface area (Å²) in [6.45, 7) is 2.92. The zero-order chi connectivity index (χ0) is 13.8. The van der Waals surface area contributed by atoms with Gasteiger partial charge in [-0.1, -0.05) is 0 Å². The van der Waals surface area contributed by atoms with Gasteiger partial charge in [-0.3, -0.25) is 0 Å². The van der Waals surface area contributed by atoms with Crippen molar-refractivity contribution in [2.24, 2.45) is 0 Å². The van der Waals surface area contributed by atoms with Crippen LogP contribution in [-0.2, 0) is 16.0 Å². The molecule has 5 nitrogen and oxygen atoms in total. The Balaban J connectivity index is 2.40. The Bertz CT molecular complexity index is 473. The summed E-state index contributed by atoms with van der Waals surface area (Å²) in [7, 11) is 3.19. The third-order valence-electron chi connectivity index (χ3n) is 3.22. The Morgan fingerprint density at radius 3 is 2.63 bits per heavy atom. The maximum Gasteiger partial charge on any atom is 0.327 e. The van der Waals surface area contributed by atoms with Gasteiger partial charge in [0, 0.05) is 6.54 Å². The summed E-state index contributed by atoms with van der Waals surface area (Å²) in [4.78, 5) is 12.0. The second-order valence-corrected chi connectivity index (χ2v) is 4.30. The highest BCUT2D eigenvalue weighted by Crippen LogP contribution is 2.35. The van der Waals surface area contributed by atoms with Crippen LogP contribution in [0.4, 0.5) is 0 Å². The van der Waals surface area contributed by atoms with Crippen LogP contribution >= 0.6 is 0 Å². The maximum atomic E-state index is 12.0. The fourth-order valence-electron chi connectivity index (χ4n) is 2.32. The Hall–Kier alpha value is -1.75. The number of nitrogens with one attached hydrogen (secondary N) is 1. The first-order chi connectivity index (χ1) is 9.21. The second kappa shape index (κ2) is 5.93. The predicted molar refractivity (Wildman–Crippen MR) is 70.6 cm³/mol. The molecule has 0 amide bonds. The molecule has 5 heteroatoms. The minimum atomic E-state index is -0.427. The number of esters is 1. The number of hydrogen-bond acceptors (Lipinski definition) is 5. The van der Waals surface area contributed by atoms with Crippen molar-refractivity contribution in [1.29, 1.82) is 0 Å². The Labute approximate surface area is 112 Å². The SMILES string of the molecule is CCOC(=O)[C@@H]1NCCc2cc(OC)c(OC)cc21. The highest BCUT2D eigenvalue weighted by atomic mass is 16.5. The molecule has 104 valence electrons. The molecule has 0 fully saturated rings. The van der Waals surface area contributed by atoms with E-state index in [0.29, 0.717) is 18.1 Å². The van der Waals surface area contributed by atoms with Crippen molar-refractivity contribution < 1.29 is 19.0 Å². The van der Waals surface area contributed by atoms with E-state index < -0.39 is 6.04 Å². The van der Waals surface area contributed by atoms with Crippen molar-refractivity contribution in [2.75, 3.05) is 27.4 Å². The first kappa shape index (κ1) is 13.7. The summed E-state index contributed by atoms with van der Waals surface area (Å²) in [5.74, 6) is 1.06. The van der Waals surface area contributed by atoms with E-state index in [4.69, 9.17) is 14.2 Å². The molecule has 19 heavy (non-hydrogen) atoms. The lowest BCUT2D eigenvalue weighted by Gasteiger charge is -2.26. The van der Waals surface area contributed by atoms with Gasteiger partial charge < -0.3 is 19.5 Å². The van der Waals surface area contributed by atoms with Gasteiger partial charge in [0.15, 0.2) is 11.5 Å². The summed E-state index contributed by atoms with van der Waals surface area (Å²) >= 11 is 0. The van der Waals surface area contributed by atoms with Gasteiger partial charge in [-0.2, -0.15) is 0 Å². The molecule has 0 unspecified atom stereocenters. The second-order valence-electron chi connectivity index (χ2n) is 4.30. The maximum absolute atomic E-state index is 12.0. The van der Waals surface area contributed by atoms with E-state index in [-0.39, 0.29) is 5.97 Å². The van der Waals surface area contributed by atoms with Gasteiger partial charge in [0.25, 0.3) is 0 Å². The highest BCUT2D eigenvalue weighted by Gasteiger charge is 2.28. The molecular weight excluding hydrogens is 246 g/mol. The molecule has 1 aliphatic heterocycles. The topological polar surface area (TPSA) is 56.8 Å². The smallest absolute Gasteiger partial charge is 0.327 e. The number of benzene rings is 1. The van der Waals surface area contributed by atoms with E-state index in [1.807, 2.05) is 12.1 Å². The van der Waals surface area contributed by atoms with Crippen molar-refractivity contribution in [3.63, 3.8) is 0 Å². The Morgan fingerprint density at radius 2 is 2.00 bits per heavy atom. The summed E-state index contributed by atoms with van der Waals surface area (Å²) in [5, 5.41) is 3.18. The van der Waals surface area contributed by atoms with Gasteiger partial charge in [-0.15, -0.1) is 0 Å². The molecule has 1 N–H and O–H groups in total. The zero-order valence-electron chi connectivity index (χ0n) is 11.5. The molecule has 0 spiro atoms. The predicted octanol–water partition coefficient (Wildman–Crippen LogP) is 1.45. The minimum Gasteiger partial charge on any atom is -0.493 e. The standard InChI is InChI=1S/C14H19NO4/c1-4-19-14(16)13-10-8-12(18-3)11(17-2)7-9(10)5-6-15-13/h7-8,13,15H,4-6H2,1-3H3/t13-/m1/s1. The average Bonchev–Trinajstić information content (AvgIpc) is 2.45. The molecule has 0 bridgehead atoms. The molecule has 2 rings (SSSR count). The number of methoxy groups -OCH3 is 2. The van der Waals surface area contributed by atoms with E-state index >= 15 is 0 Å². The third-order valence-corrected chi connectivity index (χ3v) is 3.22. The number of hydrogen-bond donors (Lipinski definition) is 1. The van der Waals surface area contributed by atoms with Crippen LogP contribution in [0.15, 0.2) is 12.1 Å². The lowest BCUT2D eigenvalue weighted by molar-refractivity contribution is -0.146. The van der Waals surface area contributed by atoms with E-state index in [1.54, 1.807) is 21.1 Å². The fourth-order valence-corrected chi connectivity index (χ4v) is 2.32. The van der Waals surface area contributed by atoms with Crippen LogP contribution in [0.2, 0.25) is 0 Å². The molecule has 1 aromatic carbocycles. The van der Waals surface area contributed by atoms with Crippen LogP contribution < -0.4 is 14.8 Å². The van der Waals surface area contributed by atoms with Crippen molar-refractivity contribution >= 4 is 5.97 Å². The number of ether oxygens (including phenoxy) is 3. The molecule has 0 saturated heterocycles. The van der Waals surface area contributed by atoms with Gasteiger partial charge in [-0.05, 0) is 36.6 Å². The Morgan fingerprint density at radius 1 is 1.32 bits per heavy atom. The largest absolute Gasteiger partial charge is 0.493 e. The molecule has 1 aromatic rings. The van der Waals surface area contributed by atoms with Gasteiger partial charge in [-0.25, -0.2) is 4.79 Å². The van der Waals surface area contributed by atoms with Crippen LogP contribution in [0.5, 0.6) is 11.5 Å². The van der Waals surface area contributed by atoms with E-state index in [2.05, 4.69) is 5.32 Å². The summed E-state index contributed by atoms with van der Waals surface area (Å²) in [6.07, 6.45) is 0.853. The first-order valence-corrected chi connectivity index (χ1v) is 6.36. The van der Waals surface area contributed by atoms with Crippen LogP contribution in [0, 0.1) is 0 Å². The molecule has 1 heterocycles. The summed E-state index contributed by atoms with van der Waals surface area (Å²) < 4.78 is 15.7. The number of carbonyl (C=O) groups excluding carboxylic acids is 1. The average molecular weight is 265 g/mol. The molecule has 0 radical (unpaired) electrons. The number of carbonyl (C=O) groups is 1. The molecule has 0 aliphatic carbocycles. The summed E-state index contributed by atoms with van der Waals surface area (Å²) in [6, 6.07) is 3.35. The molecule has 0 aromatic heterocycles. The van der Waals surface area contributed by atoms with Gasteiger partial charge in [0.2, 0.25) is 0 Å². The fraction of sp³-hybridized carbons (Fsp3) is 0.500. The quantitative estimate of drug-likeness (QED) is 0.835. The Kier molecular flexibility index (Phi) is 4.27. The minimum absolute atomic E-state index is 0.254. The van der Waals surface area contributed by atoms with E-state index in [0.717, 1.165) is 24.1 Å². The van der Waals surface area contributed by atoms with E-state index in [9.17, 15) is 4.79 Å². The van der Waals surface area contributed by atoms with Gasteiger partial charge >= 0.3 is 5.97 Å². The molecular formula is C14H19NO4. The lowest BCUT2D eigenvalue weighted by Crippen LogP contribution is -2.36. The van der Waals surface area contributed by atoms with Crippen molar-refractivity contribution in [1.82, 2.24) is 5.32 Å². The molecule has 1 atom stereocenters. The molecule has 0 saturated carbocycles. The number of rotatable bonds is 4. The summed E-state index contributed by atoms with van der Waals surface area (Å²) in [5.41, 5.74) is 2.00. The van der Waals surface area contributed by atoms with E-state index in [1.165, 1.54) is 0 Å². The van der Waals surface area contributed by atoms with Crippen molar-refractivity contribution in [2.45, 2.75) is 19.4 Å².